The highest BCUT2D eigenvalue weighted by atomic mass is 16.4. The van der Waals surface area contributed by atoms with E-state index in [-0.39, 0.29) is 11.8 Å². The second-order valence-electron chi connectivity index (χ2n) is 8.19. The van der Waals surface area contributed by atoms with E-state index in [2.05, 4.69) is 67.5 Å². The summed E-state index contributed by atoms with van der Waals surface area (Å²) < 4.78 is 5.73. The van der Waals surface area contributed by atoms with Crippen molar-refractivity contribution in [2.24, 2.45) is 0 Å². The molecule has 152 valence electrons. The second-order valence-corrected chi connectivity index (χ2v) is 8.19. The van der Waals surface area contributed by atoms with Crippen molar-refractivity contribution in [1.82, 2.24) is 15.1 Å². The second kappa shape index (κ2) is 7.91. The number of rotatable bonds is 6. The van der Waals surface area contributed by atoms with E-state index in [1.165, 1.54) is 11.1 Å². The van der Waals surface area contributed by atoms with Crippen molar-refractivity contribution in [3.8, 4) is 0 Å². The van der Waals surface area contributed by atoms with E-state index in [0.29, 0.717) is 11.1 Å². The van der Waals surface area contributed by atoms with Gasteiger partial charge in [0.2, 0.25) is 0 Å². The Morgan fingerprint density at radius 2 is 2.03 bits per heavy atom. The highest BCUT2D eigenvalue weighted by molar-refractivity contribution is 5.84. The molecule has 2 aliphatic heterocycles. The average Bonchev–Trinajstić information content (AvgIpc) is 3.06. The Labute approximate surface area is 172 Å². The van der Waals surface area contributed by atoms with Crippen LogP contribution >= 0.6 is 0 Å². The first-order valence-corrected chi connectivity index (χ1v) is 10.3. The molecule has 0 fully saturated rings. The van der Waals surface area contributed by atoms with Crippen LogP contribution < -0.4 is 10.9 Å². The minimum atomic E-state index is -0.285. The Morgan fingerprint density at radius 3 is 2.79 bits per heavy atom. The van der Waals surface area contributed by atoms with Crippen molar-refractivity contribution >= 4 is 16.5 Å². The zero-order valence-electron chi connectivity index (χ0n) is 17.7. The predicted molar refractivity (Wildman–Crippen MR) is 118 cm³/mol. The van der Waals surface area contributed by atoms with Gasteiger partial charge in [0.25, 0.3) is 0 Å². The smallest absolute Gasteiger partial charge is 0.344 e. The molecule has 0 saturated heterocycles. The first-order chi connectivity index (χ1) is 13.9. The minimum Gasteiger partial charge on any atom is -0.422 e. The summed E-state index contributed by atoms with van der Waals surface area (Å²) in [6.45, 7) is 5.24. The molecule has 1 atom stereocenters. The third-order valence-electron chi connectivity index (χ3n) is 5.58. The van der Waals surface area contributed by atoms with Gasteiger partial charge >= 0.3 is 5.63 Å². The van der Waals surface area contributed by atoms with Crippen LogP contribution in [0.1, 0.15) is 37.8 Å². The van der Waals surface area contributed by atoms with Crippen molar-refractivity contribution in [1.29, 1.82) is 0 Å². The Hall–Kier alpha value is -2.79. The Bertz CT molecular complexity index is 1080. The lowest BCUT2D eigenvalue weighted by Gasteiger charge is -2.29. The standard InChI is InChI=1S/C24H29N3O2/c1-5-18-12-20(15-27-14-16(2)25-23(18)27)21-13-19-9-8-17(7-6-10-26(3)4)11-22(19)29-24(21)28/h8-9,11-15,23,25H,5-7,10H2,1-4H3. The third kappa shape index (κ3) is 4.01. The van der Waals surface area contributed by atoms with Crippen LogP contribution in [0.3, 0.4) is 0 Å². The van der Waals surface area contributed by atoms with Gasteiger partial charge in [0.05, 0.1) is 5.56 Å². The Morgan fingerprint density at radius 1 is 1.21 bits per heavy atom. The van der Waals surface area contributed by atoms with E-state index < -0.39 is 0 Å². The number of allylic oxidation sites excluding steroid dienone is 3. The fourth-order valence-corrected chi connectivity index (χ4v) is 4.05. The third-order valence-corrected chi connectivity index (χ3v) is 5.58. The summed E-state index contributed by atoms with van der Waals surface area (Å²) in [7, 11) is 4.16. The maximum Gasteiger partial charge on any atom is 0.344 e. The van der Waals surface area contributed by atoms with Crippen molar-refractivity contribution in [3.05, 3.63) is 75.6 Å². The van der Waals surface area contributed by atoms with Gasteiger partial charge < -0.3 is 19.5 Å². The van der Waals surface area contributed by atoms with Gasteiger partial charge in [-0.1, -0.05) is 19.1 Å². The largest absolute Gasteiger partial charge is 0.422 e. The molecular formula is C24H29N3O2. The van der Waals surface area contributed by atoms with Crippen LogP contribution in [0.25, 0.3) is 16.5 Å². The molecule has 3 heterocycles. The zero-order chi connectivity index (χ0) is 20.5. The van der Waals surface area contributed by atoms with Crippen molar-refractivity contribution in [3.63, 3.8) is 0 Å². The summed E-state index contributed by atoms with van der Waals surface area (Å²) in [5.74, 6) is 0. The Balaban J connectivity index is 1.66. The fourth-order valence-electron chi connectivity index (χ4n) is 4.05. The summed E-state index contributed by atoms with van der Waals surface area (Å²) in [4.78, 5) is 17.1. The lowest BCUT2D eigenvalue weighted by atomic mass is 9.97. The normalized spacial score (nSPS) is 18.4. The van der Waals surface area contributed by atoms with Crippen LogP contribution in [-0.4, -0.2) is 36.6 Å². The topological polar surface area (TPSA) is 48.7 Å². The van der Waals surface area contributed by atoms with Crippen LogP contribution in [0, 0.1) is 0 Å². The van der Waals surface area contributed by atoms with Gasteiger partial charge in [0, 0.05) is 29.1 Å². The molecule has 29 heavy (non-hydrogen) atoms. The molecule has 0 spiro atoms. The molecule has 0 aliphatic carbocycles. The summed E-state index contributed by atoms with van der Waals surface area (Å²) >= 11 is 0. The van der Waals surface area contributed by atoms with Gasteiger partial charge in [-0.25, -0.2) is 4.79 Å². The molecule has 0 radical (unpaired) electrons. The quantitative estimate of drug-likeness (QED) is 0.752. The van der Waals surface area contributed by atoms with Crippen LogP contribution in [0.15, 0.2) is 63.2 Å². The lowest BCUT2D eigenvalue weighted by molar-refractivity contribution is 0.399. The van der Waals surface area contributed by atoms with Crippen LogP contribution in [0.4, 0.5) is 0 Å². The monoisotopic (exact) mass is 391 g/mol. The molecule has 2 aromatic rings. The van der Waals surface area contributed by atoms with E-state index in [9.17, 15) is 4.79 Å². The first kappa shape index (κ1) is 19.5. The highest BCUT2D eigenvalue weighted by Crippen LogP contribution is 2.31. The molecule has 2 aliphatic rings. The number of benzene rings is 1. The number of hydrogen-bond acceptors (Lipinski definition) is 5. The van der Waals surface area contributed by atoms with Gasteiger partial charge in [0.1, 0.15) is 11.7 Å². The summed E-state index contributed by atoms with van der Waals surface area (Å²) in [5, 5.41) is 4.43. The molecule has 1 aromatic heterocycles. The van der Waals surface area contributed by atoms with Crippen molar-refractivity contribution in [2.75, 3.05) is 20.6 Å². The van der Waals surface area contributed by atoms with E-state index in [0.717, 1.165) is 42.5 Å². The number of nitrogens with one attached hydrogen (secondary N) is 1. The predicted octanol–water partition coefficient (Wildman–Crippen LogP) is 4.07. The van der Waals surface area contributed by atoms with Gasteiger partial charge in [-0.05, 0) is 76.2 Å². The molecule has 1 N–H and O–H groups in total. The number of hydrogen-bond donors (Lipinski definition) is 1. The molecule has 4 rings (SSSR count). The fraction of sp³-hybridized carbons (Fsp3) is 0.375. The SMILES string of the molecule is CCC1=CC(c2cc3ccc(CCCN(C)C)cc3oc2=O)=CN2C=C(C)NC12. The summed E-state index contributed by atoms with van der Waals surface area (Å²) in [6, 6.07) is 8.16. The Kier molecular flexibility index (Phi) is 5.33. The molecular weight excluding hydrogens is 362 g/mol. The molecule has 5 heteroatoms. The number of fused-ring (bicyclic) bond motifs is 2. The van der Waals surface area contributed by atoms with Crippen LogP contribution in [0.5, 0.6) is 0 Å². The van der Waals surface area contributed by atoms with E-state index in [1.54, 1.807) is 0 Å². The number of nitrogens with zero attached hydrogens (tertiary/aromatic N) is 2. The zero-order valence-corrected chi connectivity index (χ0v) is 17.7. The number of aryl methyl sites for hydroxylation is 1. The molecule has 1 unspecified atom stereocenters. The summed E-state index contributed by atoms with van der Waals surface area (Å²) in [6.07, 6.45) is 9.35. The maximum absolute atomic E-state index is 12.8. The molecule has 5 nitrogen and oxygen atoms in total. The van der Waals surface area contributed by atoms with Gasteiger partial charge in [0.15, 0.2) is 0 Å². The summed E-state index contributed by atoms with van der Waals surface area (Å²) in [5.41, 5.74) is 5.47. The van der Waals surface area contributed by atoms with Crippen molar-refractivity contribution < 1.29 is 4.42 Å². The average molecular weight is 392 g/mol. The molecule has 0 amide bonds. The van der Waals surface area contributed by atoms with Crippen molar-refractivity contribution in [2.45, 2.75) is 39.3 Å². The van der Waals surface area contributed by atoms with Crippen LogP contribution in [0.2, 0.25) is 0 Å². The highest BCUT2D eigenvalue weighted by Gasteiger charge is 2.28. The first-order valence-electron chi connectivity index (χ1n) is 10.3. The molecule has 0 bridgehead atoms. The van der Waals surface area contributed by atoms with Gasteiger partial charge in [-0.15, -0.1) is 0 Å². The van der Waals surface area contributed by atoms with Gasteiger partial charge in [-0.2, -0.15) is 0 Å². The minimum absolute atomic E-state index is 0.154. The van der Waals surface area contributed by atoms with Gasteiger partial charge in [-0.3, -0.25) is 0 Å². The lowest BCUT2D eigenvalue weighted by Crippen LogP contribution is -2.36. The molecule has 0 saturated carbocycles. The maximum atomic E-state index is 12.8. The molecule has 1 aromatic carbocycles. The van der Waals surface area contributed by atoms with E-state index >= 15 is 0 Å². The van der Waals surface area contributed by atoms with E-state index in [4.69, 9.17) is 4.42 Å². The van der Waals surface area contributed by atoms with Crippen LogP contribution in [-0.2, 0) is 6.42 Å². The van der Waals surface area contributed by atoms with E-state index in [1.807, 2.05) is 18.3 Å².